The summed E-state index contributed by atoms with van der Waals surface area (Å²) in [7, 11) is -3.37. The monoisotopic (exact) mass is 312 g/mol. The fourth-order valence-electron chi connectivity index (χ4n) is 1.86. The highest BCUT2D eigenvalue weighted by Crippen LogP contribution is 2.12. The predicted molar refractivity (Wildman–Crippen MR) is 84.0 cm³/mol. The number of amides is 1. The molecule has 0 saturated carbocycles. The van der Waals surface area contributed by atoms with Crippen molar-refractivity contribution in [3.63, 3.8) is 0 Å². The summed E-state index contributed by atoms with van der Waals surface area (Å²) in [5, 5.41) is 2.81. The molecule has 1 amide bonds. The SMILES string of the molecule is CC(C)NS(=O)(=O)Cc1ccccc1CNC(=O)C(C)C. The molecule has 118 valence electrons. The van der Waals surface area contributed by atoms with Crippen molar-refractivity contribution in [2.45, 2.75) is 46.0 Å². The van der Waals surface area contributed by atoms with Gasteiger partial charge in [-0.1, -0.05) is 38.1 Å². The Bertz CT molecular complexity index is 580. The van der Waals surface area contributed by atoms with Crippen LogP contribution in [0, 0.1) is 5.92 Å². The molecule has 0 radical (unpaired) electrons. The van der Waals surface area contributed by atoms with Crippen LogP contribution in [-0.4, -0.2) is 20.4 Å². The maximum atomic E-state index is 12.0. The molecule has 5 nitrogen and oxygen atoms in total. The smallest absolute Gasteiger partial charge is 0.222 e. The van der Waals surface area contributed by atoms with Crippen molar-refractivity contribution in [3.05, 3.63) is 35.4 Å². The standard InChI is InChI=1S/C15H24N2O3S/c1-11(2)15(18)16-9-13-7-5-6-8-14(13)10-21(19,20)17-12(3)4/h5-8,11-12,17H,9-10H2,1-4H3,(H,16,18). The number of carbonyl (C=O) groups excluding carboxylic acids is 1. The van der Waals surface area contributed by atoms with E-state index in [-0.39, 0.29) is 23.6 Å². The zero-order chi connectivity index (χ0) is 16.0. The lowest BCUT2D eigenvalue weighted by Gasteiger charge is -2.14. The Morgan fingerprint density at radius 3 is 2.19 bits per heavy atom. The highest BCUT2D eigenvalue weighted by molar-refractivity contribution is 7.88. The second-order valence-electron chi connectivity index (χ2n) is 5.67. The molecule has 0 aliphatic carbocycles. The third kappa shape index (κ3) is 6.27. The van der Waals surface area contributed by atoms with Gasteiger partial charge in [0.2, 0.25) is 15.9 Å². The summed E-state index contributed by atoms with van der Waals surface area (Å²) in [4.78, 5) is 11.6. The second-order valence-corrected chi connectivity index (χ2v) is 7.43. The molecular weight excluding hydrogens is 288 g/mol. The zero-order valence-corrected chi connectivity index (χ0v) is 13.8. The predicted octanol–water partition coefficient (Wildman–Crippen LogP) is 1.79. The largest absolute Gasteiger partial charge is 0.352 e. The van der Waals surface area contributed by atoms with Crippen molar-refractivity contribution >= 4 is 15.9 Å². The summed E-state index contributed by atoms with van der Waals surface area (Å²) in [6.07, 6.45) is 0. The minimum Gasteiger partial charge on any atom is -0.352 e. The number of hydrogen-bond donors (Lipinski definition) is 2. The minimum atomic E-state index is -3.37. The van der Waals surface area contributed by atoms with E-state index < -0.39 is 10.0 Å². The molecule has 0 unspecified atom stereocenters. The van der Waals surface area contributed by atoms with Crippen LogP contribution < -0.4 is 10.0 Å². The van der Waals surface area contributed by atoms with Crippen molar-refractivity contribution in [2.24, 2.45) is 5.92 Å². The van der Waals surface area contributed by atoms with Crippen LogP contribution in [0.3, 0.4) is 0 Å². The minimum absolute atomic E-state index is 0.0482. The number of rotatable bonds is 7. The summed E-state index contributed by atoms with van der Waals surface area (Å²) in [5.41, 5.74) is 1.52. The summed E-state index contributed by atoms with van der Waals surface area (Å²) < 4.78 is 26.6. The first kappa shape index (κ1) is 17.7. The van der Waals surface area contributed by atoms with E-state index in [1.54, 1.807) is 26.0 Å². The number of benzene rings is 1. The van der Waals surface area contributed by atoms with Gasteiger partial charge in [-0.3, -0.25) is 4.79 Å². The molecule has 0 heterocycles. The van der Waals surface area contributed by atoms with E-state index in [1.165, 1.54) is 0 Å². The molecule has 6 heteroatoms. The van der Waals surface area contributed by atoms with E-state index in [1.807, 2.05) is 26.0 Å². The molecule has 1 aromatic rings. The van der Waals surface area contributed by atoms with Crippen LogP contribution in [0.4, 0.5) is 0 Å². The lowest BCUT2D eigenvalue weighted by molar-refractivity contribution is -0.124. The molecule has 0 aliphatic heterocycles. The average molecular weight is 312 g/mol. The average Bonchev–Trinajstić information content (AvgIpc) is 2.35. The maximum absolute atomic E-state index is 12.0. The molecule has 0 aromatic heterocycles. The Morgan fingerprint density at radius 1 is 1.10 bits per heavy atom. The first-order valence-electron chi connectivity index (χ1n) is 7.06. The summed E-state index contributed by atoms with van der Waals surface area (Å²) >= 11 is 0. The van der Waals surface area contributed by atoms with Gasteiger partial charge in [-0.25, -0.2) is 13.1 Å². The molecular formula is C15H24N2O3S. The fourth-order valence-corrected chi connectivity index (χ4v) is 3.36. The molecule has 0 spiro atoms. The van der Waals surface area contributed by atoms with Gasteiger partial charge in [-0.2, -0.15) is 0 Å². The van der Waals surface area contributed by atoms with Crippen LogP contribution in [0.1, 0.15) is 38.8 Å². The van der Waals surface area contributed by atoms with Gasteiger partial charge in [0.05, 0.1) is 5.75 Å². The topological polar surface area (TPSA) is 75.3 Å². The normalized spacial score (nSPS) is 11.9. The van der Waals surface area contributed by atoms with Crippen molar-refractivity contribution in [3.8, 4) is 0 Å². The number of sulfonamides is 1. The van der Waals surface area contributed by atoms with Gasteiger partial charge in [0.25, 0.3) is 0 Å². The van der Waals surface area contributed by atoms with Gasteiger partial charge in [0.15, 0.2) is 0 Å². The Labute approximate surface area is 127 Å². The first-order chi connectivity index (χ1) is 9.71. The van der Waals surface area contributed by atoms with Crippen molar-refractivity contribution in [2.75, 3.05) is 0 Å². The lowest BCUT2D eigenvalue weighted by atomic mass is 10.1. The van der Waals surface area contributed by atoms with Crippen molar-refractivity contribution in [1.29, 1.82) is 0 Å². The molecule has 2 N–H and O–H groups in total. The lowest BCUT2D eigenvalue weighted by Crippen LogP contribution is -2.32. The molecule has 1 aromatic carbocycles. The van der Waals surface area contributed by atoms with Crippen LogP contribution >= 0.6 is 0 Å². The molecule has 21 heavy (non-hydrogen) atoms. The Kier molecular flexibility index (Phi) is 6.36. The quantitative estimate of drug-likeness (QED) is 0.806. The van der Waals surface area contributed by atoms with Gasteiger partial charge in [-0.15, -0.1) is 0 Å². The highest BCUT2D eigenvalue weighted by atomic mass is 32.2. The molecule has 0 fully saturated rings. The van der Waals surface area contributed by atoms with E-state index >= 15 is 0 Å². The van der Waals surface area contributed by atoms with Crippen molar-refractivity contribution in [1.82, 2.24) is 10.0 Å². The van der Waals surface area contributed by atoms with E-state index in [0.717, 1.165) is 5.56 Å². The van der Waals surface area contributed by atoms with Crippen LogP contribution in [-0.2, 0) is 27.1 Å². The van der Waals surface area contributed by atoms with Gasteiger partial charge in [-0.05, 0) is 25.0 Å². The summed E-state index contributed by atoms with van der Waals surface area (Å²) in [6.45, 7) is 7.54. The van der Waals surface area contributed by atoms with Gasteiger partial charge in [0.1, 0.15) is 0 Å². The summed E-state index contributed by atoms with van der Waals surface area (Å²) in [5.74, 6) is -0.227. The number of nitrogens with one attached hydrogen (secondary N) is 2. The zero-order valence-electron chi connectivity index (χ0n) is 13.0. The Hall–Kier alpha value is -1.40. The highest BCUT2D eigenvalue weighted by Gasteiger charge is 2.15. The van der Waals surface area contributed by atoms with Gasteiger partial charge in [0, 0.05) is 18.5 Å². The number of carbonyl (C=O) groups is 1. The third-order valence-corrected chi connectivity index (χ3v) is 4.38. The van der Waals surface area contributed by atoms with Crippen LogP contribution in [0.25, 0.3) is 0 Å². The fraction of sp³-hybridized carbons (Fsp3) is 0.533. The maximum Gasteiger partial charge on any atom is 0.222 e. The van der Waals surface area contributed by atoms with E-state index in [9.17, 15) is 13.2 Å². The second kappa shape index (κ2) is 7.56. The van der Waals surface area contributed by atoms with Gasteiger partial charge >= 0.3 is 0 Å². The Morgan fingerprint density at radius 2 is 1.67 bits per heavy atom. The van der Waals surface area contributed by atoms with E-state index in [0.29, 0.717) is 12.1 Å². The van der Waals surface area contributed by atoms with E-state index in [2.05, 4.69) is 10.0 Å². The third-order valence-electron chi connectivity index (χ3n) is 2.86. The van der Waals surface area contributed by atoms with Crippen LogP contribution in [0.5, 0.6) is 0 Å². The number of hydrogen-bond acceptors (Lipinski definition) is 3. The van der Waals surface area contributed by atoms with Crippen LogP contribution in [0.15, 0.2) is 24.3 Å². The van der Waals surface area contributed by atoms with Crippen LogP contribution in [0.2, 0.25) is 0 Å². The molecule has 0 bridgehead atoms. The molecule has 0 atom stereocenters. The van der Waals surface area contributed by atoms with Gasteiger partial charge < -0.3 is 5.32 Å². The van der Waals surface area contributed by atoms with E-state index in [4.69, 9.17) is 0 Å². The molecule has 0 saturated heterocycles. The molecule has 1 rings (SSSR count). The summed E-state index contributed by atoms with van der Waals surface area (Å²) in [6, 6.07) is 7.11. The van der Waals surface area contributed by atoms with Crippen molar-refractivity contribution < 1.29 is 13.2 Å². The molecule has 0 aliphatic rings. The first-order valence-corrected chi connectivity index (χ1v) is 8.71. The Balaban J connectivity index is 2.82.